The summed E-state index contributed by atoms with van der Waals surface area (Å²) < 4.78 is 0. The third kappa shape index (κ3) is 3.85. The van der Waals surface area contributed by atoms with Crippen LogP contribution in [0.25, 0.3) is 0 Å². The van der Waals surface area contributed by atoms with Gasteiger partial charge in [0, 0.05) is 53.9 Å². The van der Waals surface area contributed by atoms with Crippen molar-refractivity contribution in [1.29, 1.82) is 0 Å². The summed E-state index contributed by atoms with van der Waals surface area (Å²) in [5.74, 6) is 0. The number of piperazine rings is 1. The Balaban J connectivity index is 2.56. The van der Waals surface area contributed by atoms with E-state index in [2.05, 4.69) is 24.1 Å². The smallest absolute Gasteiger partial charge is 0.319 e. The Bertz CT molecular complexity index is 259. The van der Waals surface area contributed by atoms with Crippen LogP contribution in [0.4, 0.5) is 4.79 Å². The molecule has 1 saturated heterocycles. The molecule has 0 unspecified atom stereocenters. The Hall–Kier alpha value is -0.810. The van der Waals surface area contributed by atoms with Crippen LogP contribution in [0, 0.1) is 0 Å². The molecule has 0 aromatic rings. The van der Waals surface area contributed by atoms with Gasteiger partial charge in [-0.3, -0.25) is 4.90 Å². The van der Waals surface area contributed by atoms with Gasteiger partial charge < -0.3 is 15.1 Å². The molecule has 0 aromatic carbocycles. The maximum atomic E-state index is 12.0. The van der Waals surface area contributed by atoms with Crippen LogP contribution in [0.1, 0.15) is 13.8 Å². The topological polar surface area (TPSA) is 38.8 Å². The highest BCUT2D eigenvalue weighted by molar-refractivity contribution is 5.74. The third-order valence-electron chi connectivity index (χ3n) is 3.40. The largest absolute Gasteiger partial charge is 0.331 e. The lowest BCUT2D eigenvalue weighted by molar-refractivity contribution is 0.0937. The zero-order chi connectivity index (χ0) is 13.1. The van der Waals surface area contributed by atoms with E-state index in [0.717, 1.165) is 32.7 Å². The SMILES string of the molecule is CN(C)C(=O)N(C)C(C)(C)CN1CCNCC1. The molecule has 2 amide bonds. The Labute approximate surface area is 105 Å². The second-order valence-electron chi connectivity index (χ2n) is 5.57. The number of hydrogen-bond donors (Lipinski definition) is 1. The molecular weight excluding hydrogens is 216 g/mol. The van der Waals surface area contributed by atoms with Crippen LogP contribution < -0.4 is 5.32 Å². The van der Waals surface area contributed by atoms with E-state index in [1.807, 2.05) is 11.9 Å². The van der Waals surface area contributed by atoms with E-state index < -0.39 is 0 Å². The summed E-state index contributed by atoms with van der Waals surface area (Å²) in [7, 11) is 5.46. The minimum absolute atomic E-state index is 0.0603. The van der Waals surface area contributed by atoms with Crippen molar-refractivity contribution in [2.24, 2.45) is 0 Å². The molecule has 0 atom stereocenters. The van der Waals surface area contributed by atoms with Crippen LogP contribution in [0.3, 0.4) is 0 Å². The van der Waals surface area contributed by atoms with Gasteiger partial charge in [0.1, 0.15) is 0 Å². The second kappa shape index (κ2) is 5.69. The highest BCUT2D eigenvalue weighted by Crippen LogP contribution is 2.16. The summed E-state index contributed by atoms with van der Waals surface area (Å²) >= 11 is 0. The van der Waals surface area contributed by atoms with E-state index >= 15 is 0 Å². The highest BCUT2D eigenvalue weighted by Gasteiger charge is 2.30. The van der Waals surface area contributed by atoms with E-state index in [1.54, 1.807) is 19.0 Å². The van der Waals surface area contributed by atoms with Crippen LogP contribution in [0.15, 0.2) is 0 Å². The Kier molecular flexibility index (Phi) is 4.77. The van der Waals surface area contributed by atoms with Crippen molar-refractivity contribution in [3.05, 3.63) is 0 Å². The fourth-order valence-corrected chi connectivity index (χ4v) is 2.08. The summed E-state index contributed by atoms with van der Waals surface area (Å²) in [4.78, 5) is 17.8. The lowest BCUT2D eigenvalue weighted by Crippen LogP contribution is -2.57. The first kappa shape index (κ1) is 14.3. The van der Waals surface area contributed by atoms with Gasteiger partial charge in [-0.05, 0) is 13.8 Å². The average Bonchev–Trinajstić information content (AvgIpc) is 2.27. The summed E-state index contributed by atoms with van der Waals surface area (Å²) in [6, 6.07) is 0.0603. The van der Waals surface area contributed by atoms with Crippen LogP contribution in [0.2, 0.25) is 0 Å². The highest BCUT2D eigenvalue weighted by atomic mass is 16.2. The van der Waals surface area contributed by atoms with Crippen molar-refractivity contribution in [3.8, 4) is 0 Å². The minimum atomic E-state index is -0.140. The van der Waals surface area contributed by atoms with Crippen LogP contribution in [-0.2, 0) is 0 Å². The second-order valence-corrected chi connectivity index (χ2v) is 5.57. The number of nitrogens with one attached hydrogen (secondary N) is 1. The zero-order valence-electron chi connectivity index (χ0n) is 11.8. The molecule has 100 valence electrons. The molecule has 0 saturated carbocycles. The van der Waals surface area contributed by atoms with Gasteiger partial charge in [0.05, 0.1) is 5.54 Å². The number of amides is 2. The van der Waals surface area contributed by atoms with Gasteiger partial charge in [-0.2, -0.15) is 0 Å². The van der Waals surface area contributed by atoms with E-state index in [0.29, 0.717) is 0 Å². The number of likely N-dealkylation sites (N-methyl/N-ethyl adjacent to an activating group) is 1. The quantitative estimate of drug-likeness (QED) is 0.773. The standard InChI is InChI=1S/C12H26N4O/c1-12(2,15(5)11(17)14(3)4)10-16-8-6-13-7-9-16/h13H,6-10H2,1-5H3. The molecule has 1 fully saturated rings. The summed E-state index contributed by atoms with van der Waals surface area (Å²) in [6.07, 6.45) is 0. The van der Waals surface area contributed by atoms with Crippen molar-refractivity contribution < 1.29 is 4.79 Å². The molecule has 1 aliphatic rings. The van der Waals surface area contributed by atoms with E-state index in [-0.39, 0.29) is 11.6 Å². The number of carbonyl (C=O) groups is 1. The molecule has 0 aromatic heterocycles. The first-order chi connectivity index (χ1) is 7.84. The molecule has 5 heteroatoms. The molecule has 0 aliphatic carbocycles. The van der Waals surface area contributed by atoms with Gasteiger partial charge in [-0.15, -0.1) is 0 Å². The Morgan fingerprint density at radius 2 is 1.76 bits per heavy atom. The monoisotopic (exact) mass is 242 g/mol. The molecule has 0 bridgehead atoms. The number of rotatable bonds is 3. The number of nitrogens with zero attached hydrogens (tertiary/aromatic N) is 3. The van der Waals surface area contributed by atoms with Crippen LogP contribution in [0.5, 0.6) is 0 Å². The fourth-order valence-electron chi connectivity index (χ4n) is 2.08. The maximum Gasteiger partial charge on any atom is 0.319 e. The van der Waals surface area contributed by atoms with Crippen molar-refractivity contribution in [2.75, 3.05) is 53.9 Å². The van der Waals surface area contributed by atoms with Gasteiger partial charge >= 0.3 is 6.03 Å². The zero-order valence-corrected chi connectivity index (χ0v) is 11.8. The minimum Gasteiger partial charge on any atom is -0.331 e. The van der Waals surface area contributed by atoms with Crippen LogP contribution in [-0.4, -0.2) is 80.1 Å². The fraction of sp³-hybridized carbons (Fsp3) is 0.917. The van der Waals surface area contributed by atoms with Gasteiger partial charge in [-0.25, -0.2) is 4.79 Å². The third-order valence-corrected chi connectivity index (χ3v) is 3.40. The Morgan fingerprint density at radius 1 is 1.24 bits per heavy atom. The Morgan fingerprint density at radius 3 is 2.24 bits per heavy atom. The predicted octanol–water partition coefficient (Wildman–Crippen LogP) is 0.284. The normalized spacial score (nSPS) is 17.9. The lowest BCUT2D eigenvalue weighted by atomic mass is 10.0. The summed E-state index contributed by atoms with van der Waals surface area (Å²) in [5.41, 5.74) is -0.140. The number of carbonyl (C=O) groups excluding carboxylic acids is 1. The number of hydrogen-bond acceptors (Lipinski definition) is 3. The van der Waals surface area contributed by atoms with Crippen molar-refractivity contribution in [3.63, 3.8) is 0 Å². The molecule has 0 radical (unpaired) electrons. The van der Waals surface area contributed by atoms with Crippen molar-refractivity contribution >= 4 is 6.03 Å². The van der Waals surface area contributed by atoms with Gasteiger partial charge in [0.25, 0.3) is 0 Å². The predicted molar refractivity (Wildman–Crippen MR) is 70.2 cm³/mol. The van der Waals surface area contributed by atoms with Gasteiger partial charge in [0.15, 0.2) is 0 Å². The van der Waals surface area contributed by atoms with E-state index in [1.165, 1.54) is 0 Å². The molecule has 1 heterocycles. The molecule has 0 spiro atoms. The molecule has 17 heavy (non-hydrogen) atoms. The molecule has 1 aliphatic heterocycles. The first-order valence-corrected chi connectivity index (χ1v) is 6.23. The average molecular weight is 242 g/mol. The van der Waals surface area contributed by atoms with Gasteiger partial charge in [-0.1, -0.05) is 0 Å². The van der Waals surface area contributed by atoms with Crippen LogP contribution >= 0.6 is 0 Å². The number of urea groups is 1. The van der Waals surface area contributed by atoms with E-state index in [4.69, 9.17) is 0 Å². The van der Waals surface area contributed by atoms with Crippen molar-refractivity contribution in [2.45, 2.75) is 19.4 Å². The van der Waals surface area contributed by atoms with E-state index in [9.17, 15) is 4.79 Å². The maximum absolute atomic E-state index is 12.0. The molecular formula is C12H26N4O. The summed E-state index contributed by atoms with van der Waals surface area (Å²) in [6.45, 7) is 9.38. The first-order valence-electron chi connectivity index (χ1n) is 6.23. The van der Waals surface area contributed by atoms with Gasteiger partial charge in [0.2, 0.25) is 0 Å². The van der Waals surface area contributed by atoms with Crippen molar-refractivity contribution in [1.82, 2.24) is 20.0 Å². The molecule has 1 rings (SSSR count). The summed E-state index contributed by atoms with van der Waals surface area (Å²) in [5, 5.41) is 3.34. The molecule has 1 N–H and O–H groups in total. The molecule has 5 nitrogen and oxygen atoms in total. The lowest BCUT2D eigenvalue weighted by Gasteiger charge is -2.41.